The summed E-state index contributed by atoms with van der Waals surface area (Å²) in [4.78, 5) is 4.95. The molecule has 26 heavy (non-hydrogen) atoms. The van der Waals surface area contributed by atoms with Gasteiger partial charge in [-0.1, -0.05) is 24.3 Å². The molecule has 4 aromatic rings. The van der Waals surface area contributed by atoms with E-state index in [1.54, 1.807) is 16.9 Å². The zero-order chi connectivity index (χ0) is 18.1. The highest BCUT2D eigenvalue weighted by Crippen LogP contribution is 2.31. The molecule has 128 valence electrons. The lowest BCUT2D eigenvalue weighted by molar-refractivity contribution is 0.607. The minimum Gasteiger partial charge on any atom is -0.606 e. The molecule has 1 N–H and O–H groups in total. The maximum absolute atomic E-state index is 12.0. The normalized spacial score (nSPS) is 12.2. The average molecular weight is 360 g/mol. The molecule has 4 rings (SSSR count). The van der Waals surface area contributed by atoms with Crippen molar-refractivity contribution in [2.75, 3.05) is 0 Å². The number of nitrogens with zero attached hydrogens (tertiary/aromatic N) is 3. The zero-order valence-electron chi connectivity index (χ0n) is 14.1. The highest BCUT2D eigenvalue weighted by Gasteiger charge is 2.12. The molecule has 0 fully saturated rings. The Kier molecular flexibility index (Phi) is 4.28. The molecule has 6 heteroatoms. The van der Waals surface area contributed by atoms with E-state index in [4.69, 9.17) is 5.41 Å². The van der Waals surface area contributed by atoms with Crippen LogP contribution in [0.15, 0.2) is 72.1 Å². The number of hydrogen-bond acceptors (Lipinski definition) is 4. The van der Waals surface area contributed by atoms with Gasteiger partial charge in [-0.2, -0.15) is 5.10 Å². The van der Waals surface area contributed by atoms with Crippen LogP contribution in [0.25, 0.3) is 33.0 Å². The Hall–Kier alpha value is -2.96. The summed E-state index contributed by atoms with van der Waals surface area (Å²) in [6.45, 7) is 0. The van der Waals surface area contributed by atoms with Gasteiger partial charge in [-0.15, -0.1) is 0 Å². The van der Waals surface area contributed by atoms with E-state index >= 15 is 0 Å². The van der Waals surface area contributed by atoms with Crippen LogP contribution >= 0.6 is 0 Å². The van der Waals surface area contributed by atoms with Crippen LogP contribution < -0.4 is 0 Å². The number of aryl methyl sites for hydroxylation is 1. The van der Waals surface area contributed by atoms with Gasteiger partial charge in [-0.3, -0.25) is 15.1 Å². The lowest BCUT2D eigenvalue weighted by Crippen LogP contribution is -2.01. The lowest BCUT2D eigenvalue weighted by Gasteiger charge is -2.09. The number of hydrogen-bond donors (Lipinski definition) is 1. The van der Waals surface area contributed by atoms with Crippen molar-refractivity contribution in [3.8, 4) is 22.3 Å². The summed E-state index contributed by atoms with van der Waals surface area (Å²) in [5.74, 6) is 0. The average Bonchev–Trinajstić information content (AvgIpc) is 3.13. The number of nitrogens with one attached hydrogen (secondary N) is 1. The first-order valence-corrected chi connectivity index (χ1v) is 9.25. The maximum atomic E-state index is 12.0. The van der Waals surface area contributed by atoms with Gasteiger partial charge in [-0.05, 0) is 28.6 Å². The fraction of sp³-hybridized carbons (Fsp3) is 0.0500. The van der Waals surface area contributed by atoms with Crippen LogP contribution in [0.3, 0.4) is 0 Å². The molecule has 1 atom stereocenters. The molecule has 0 bridgehead atoms. The highest BCUT2D eigenvalue weighted by molar-refractivity contribution is 8.04. The fourth-order valence-electron chi connectivity index (χ4n) is 2.98. The quantitative estimate of drug-likeness (QED) is 0.339. The van der Waals surface area contributed by atoms with Crippen LogP contribution in [-0.2, 0) is 18.2 Å². The third kappa shape index (κ3) is 3.00. The second-order valence-corrected chi connectivity index (χ2v) is 7.27. The van der Waals surface area contributed by atoms with Crippen LogP contribution in [0.2, 0.25) is 0 Å². The predicted molar refractivity (Wildman–Crippen MR) is 105 cm³/mol. The van der Waals surface area contributed by atoms with Crippen molar-refractivity contribution >= 4 is 27.5 Å². The fourth-order valence-corrected chi connectivity index (χ4v) is 3.55. The third-order valence-corrected chi connectivity index (χ3v) is 5.24. The predicted octanol–water partition coefficient (Wildman–Crippen LogP) is 4.02. The number of aromatic nitrogens is 3. The summed E-state index contributed by atoms with van der Waals surface area (Å²) in [6.07, 6.45) is 7.43. The minimum absolute atomic E-state index is 0.618. The summed E-state index contributed by atoms with van der Waals surface area (Å²) in [5, 5.41) is 13.4. The summed E-state index contributed by atoms with van der Waals surface area (Å²) < 4.78 is 13.7. The van der Waals surface area contributed by atoms with Gasteiger partial charge >= 0.3 is 0 Å². The Bertz CT molecular complexity index is 1090. The van der Waals surface area contributed by atoms with Crippen molar-refractivity contribution in [3.05, 3.63) is 67.3 Å². The molecule has 2 heterocycles. The molecule has 0 aliphatic carbocycles. The Morgan fingerprint density at radius 1 is 1.00 bits per heavy atom. The van der Waals surface area contributed by atoms with Crippen molar-refractivity contribution in [2.24, 2.45) is 7.05 Å². The first-order valence-electron chi connectivity index (χ1n) is 8.04. The first kappa shape index (κ1) is 16.5. The molecule has 2 aromatic heterocycles. The molecule has 0 spiro atoms. The van der Waals surface area contributed by atoms with Crippen molar-refractivity contribution in [1.29, 1.82) is 5.41 Å². The Labute approximate surface area is 154 Å². The second-order valence-electron chi connectivity index (χ2n) is 5.97. The van der Waals surface area contributed by atoms with Gasteiger partial charge in [0.05, 0.1) is 6.20 Å². The standard InChI is InChI=1S/C20H16N4OS/c1-24-12-17(10-23-24)14-2-4-15(5-3-14)20-11-22-9-16-6-7-18(8-19(16)20)26(25)13-21/h2-13,21H,1H3. The smallest absolute Gasteiger partial charge is 0.206 e. The maximum Gasteiger partial charge on any atom is 0.206 e. The van der Waals surface area contributed by atoms with E-state index in [-0.39, 0.29) is 0 Å². The summed E-state index contributed by atoms with van der Waals surface area (Å²) in [6, 6.07) is 13.8. The molecule has 1 unspecified atom stereocenters. The largest absolute Gasteiger partial charge is 0.606 e. The van der Waals surface area contributed by atoms with Crippen LogP contribution in [0.4, 0.5) is 0 Å². The molecular weight excluding hydrogens is 344 g/mol. The number of benzene rings is 2. The number of fused-ring (bicyclic) bond motifs is 1. The van der Waals surface area contributed by atoms with Crippen LogP contribution in [-0.4, -0.2) is 24.9 Å². The molecule has 0 aliphatic rings. The summed E-state index contributed by atoms with van der Waals surface area (Å²) in [5.41, 5.74) is 5.13. The minimum atomic E-state index is -1.43. The van der Waals surface area contributed by atoms with Gasteiger partial charge in [0.15, 0.2) is 4.90 Å². The molecule has 0 saturated heterocycles. The van der Waals surface area contributed by atoms with Crippen molar-refractivity contribution in [1.82, 2.24) is 14.8 Å². The van der Waals surface area contributed by atoms with Crippen molar-refractivity contribution in [3.63, 3.8) is 0 Å². The van der Waals surface area contributed by atoms with Crippen LogP contribution in [0.1, 0.15) is 0 Å². The van der Waals surface area contributed by atoms with Crippen LogP contribution in [0.5, 0.6) is 0 Å². The van der Waals surface area contributed by atoms with Gasteiger partial charge in [0.25, 0.3) is 0 Å². The highest BCUT2D eigenvalue weighted by atomic mass is 32.2. The Balaban J connectivity index is 1.79. The van der Waals surface area contributed by atoms with E-state index in [0.717, 1.165) is 38.6 Å². The van der Waals surface area contributed by atoms with Crippen molar-refractivity contribution in [2.45, 2.75) is 4.90 Å². The van der Waals surface area contributed by atoms with E-state index in [1.165, 1.54) is 0 Å². The molecule has 5 nitrogen and oxygen atoms in total. The van der Waals surface area contributed by atoms with E-state index in [1.807, 2.05) is 37.8 Å². The zero-order valence-corrected chi connectivity index (χ0v) is 14.9. The van der Waals surface area contributed by atoms with Crippen molar-refractivity contribution < 1.29 is 4.55 Å². The topological polar surface area (TPSA) is 77.6 Å². The van der Waals surface area contributed by atoms with E-state index < -0.39 is 11.2 Å². The second kappa shape index (κ2) is 6.74. The molecule has 0 aliphatic heterocycles. The summed E-state index contributed by atoms with van der Waals surface area (Å²) >= 11 is -1.43. The van der Waals surface area contributed by atoms with Gasteiger partial charge in [0.2, 0.25) is 5.55 Å². The molecule has 0 radical (unpaired) electrons. The number of rotatable bonds is 4. The Morgan fingerprint density at radius 3 is 2.46 bits per heavy atom. The number of pyridine rings is 1. The third-order valence-electron chi connectivity index (χ3n) is 4.31. The van der Waals surface area contributed by atoms with Gasteiger partial charge in [0, 0.05) is 59.4 Å². The molecule has 0 amide bonds. The van der Waals surface area contributed by atoms with E-state index in [0.29, 0.717) is 4.90 Å². The molecule has 0 saturated carbocycles. The Morgan fingerprint density at radius 2 is 1.77 bits per heavy atom. The molecule has 2 aromatic carbocycles. The van der Waals surface area contributed by atoms with Gasteiger partial charge in [-0.25, -0.2) is 0 Å². The lowest BCUT2D eigenvalue weighted by atomic mass is 9.99. The van der Waals surface area contributed by atoms with Gasteiger partial charge < -0.3 is 4.55 Å². The first-order chi connectivity index (χ1) is 12.7. The van der Waals surface area contributed by atoms with E-state index in [9.17, 15) is 4.55 Å². The molecular formula is C20H16N4OS. The van der Waals surface area contributed by atoms with E-state index in [2.05, 4.69) is 34.3 Å². The van der Waals surface area contributed by atoms with Gasteiger partial charge in [0.1, 0.15) is 0 Å². The SMILES string of the molecule is Cn1cc(-c2ccc(-c3cncc4ccc([S+]([O-])C=N)cc34)cc2)cn1. The monoisotopic (exact) mass is 360 g/mol. The van der Waals surface area contributed by atoms with Crippen LogP contribution in [0, 0.1) is 5.41 Å². The summed E-state index contributed by atoms with van der Waals surface area (Å²) in [7, 11) is 1.90.